The minimum atomic E-state index is -3.99. The number of halogens is 2. The van der Waals surface area contributed by atoms with Gasteiger partial charge in [-0.15, -0.1) is 0 Å². The van der Waals surface area contributed by atoms with E-state index in [1.807, 2.05) is 0 Å². The van der Waals surface area contributed by atoms with Gasteiger partial charge >= 0.3 is 0 Å². The third kappa shape index (κ3) is 4.87. The van der Waals surface area contributed by atoms with E-state index in [0.717, 1.165) is 12.8 Å². The van der Waals surface area contributed by atoms with Crippen LogP contribution in [0.4, 0.5) is 0 Å². The zero-order valence-corrected chi connectivity index (χ0v) is 14.6. The molecule has 0 unspecified atom stereocenters. The van der Waals surface area contributed by atoms with Gasteiger partial charge in [0.25, 0.3) is 15.0 Å². The van der Waals surface area contributed by atoms with Gasteiger partial charge in [0.2, 0.25) is 0 Å². The molecule has 0 bridgehead atoms. The lowest BCUT2D eigenvalue weighted by Gasteiger charge is -2.14. The van der Waals surface area contributed by atoms with Gasteiger partial charge in [0, 0.05) is 22.8 Å². The molecule has 1 aromatic carbocycles. The molecule has 1 amide bonds. The number of carbonyl (C=O) groups excluding carboxylic acids is 1. The van der Waals surface area contributed by atoms with Crippen LogP contribution in [0.2, 0.25) is 5.02 Å². The molecule has 0 fully saturated rings. The third-order valence-corrected chi connectivity index (χ3v) is 5.41. The maximum absolute atomic E-state index is 12.1. The van der Waals surface area contributed by atoms with E-state index in [0.29, 0.717) is 18.0 Å². The monoisotopic (exact) mass is 351 g/mol. The molecule has 118 valence electrons. The van der Waals surface area contributed by atoms with Crippen LogP contribution in [0.15, 0.2) is 17.0 Å². The molecular weight excluding hydrogens is 333 g/mol. The van der Waals surface area contributed by atoms with Crippen molar-refractivity contribution in [3.63, 3.8) is 0 Å². The highest BCUT2D eigenvalue weighted by Gasteiger charge is 2.20. The fraction of sp³-hybridized carbons (Fsp3) is 0.500. The first-order chi connectivity index (χ1) is 9.70. The summed E-state index contributed by atoms with van der Waals surface area (Å²) in [5.74, 6) is 0.0711. The van der Waals surface area contributed by atoms with Crippen molar-refractivity contribution in [2.45, 2.75) is 38.5 Å². The summed E-state index contributed by atoms with van der Waals surface area (Å²) in [6, 6.07) is 2.76. The van der Waals surface area contributed by atoms with Gasteiger partial charge in [-0.3, -0.25) is 4.79 Å². The van der Waals surface area contributed by atoms with Crippen LogP contribution < -0.4 is 5.32 Å². The van der Waals surface area contributed by atoms with Crippen LogP contribution in [0.25, 0.3) is 0 Å². The van der Waals surface area contributed by atoms with E-state index in [9.17, 15) is 13.2 Å². The molecule has 1 aromatic rings. The van der Waals surface area contributed by atoms with Crippen LogP contribution >= 0.6 is 22.3 Å². The summed E-state index contributed by atoms with van der Waals surface area (Å²) in [7, 11) is 1.35. The molecule has 0 saturated carbocycles. The standard InChI is InChI=1S/C14H19Cl2NO3S/c1-4-10(5-2)8-17-14(18)11-6-9(3)13(15)12(7-11)21(16,19)20/h6-7,10H,4-5,8H2,1-3H3,(H,17,18). The second-order valence-electron chi connectivity index (χ2n) is 4.94. The Bertz CT molecular complexity index is 625. The molecule has 0 aliphatic rings. The second-order valence-corrected chi connectivity index (χ2v) is 7.85. The summed E-state index contributed by atoms with van der Waals surface area (Å²) in [6.07, 6.45) is 1.94. The summed E-state index contributed by atoms with van der Waals surface area (Å²) >= 11 is 5.93. The summed E-state index contributed by atoms with van der Waals surface area (Å²) < 4.78 is 23.0. The summed E-state index contributed by atoms with van der Waals surface area (Å²) in [5, 5.41) is 2.85. The maximum atomic E-state index is 12.1. The van der Waals surface area contributed by atoms with Gasteiger partial charge in [-0.05, 0) is 30.5 Å². The fourth-order valence-corrected chi connectivity index (χ4v) is 3.50. The van der Waals surface area contributed by atoms with Gasteiger partial charge in [-0.1, -0.05) is 38.3 Å². The van der Waals surface area contributed by atoms with Gasteiger partial charge in [0.15, 0.2) is 0 Å². The van der Waals surface area contributed by atoms with Crippen molar-refractivity contribution < 1.29 is 13.2 Å². The normalized spacial score (nSPS) is 11.7. The predicted octanol–water partition coefficient (Wildman–Crippen LogP) is 3.74. The van der Waals surface area contributed by atoms with Gasteiger partial charge in [-0.2, -0.15) is 0 Å². The van der Waals surface area contributed by atoms with Crippen molar-refractivity contribution in [2.75, 3.05) is 6.54 Å². The first-order valence-corrected chi connectivity index (χ1v) is 9.42. The first-order valence-electron chi connectivity index (χ1n) is 6.73. The number of rotatable bonds is 6. The highest BCUT2D eigenvalue weighted by atomic mass is 35.7. The highest BCUT2D eigenvalue weighted by molar-refractivity contribution is 8.13. The van der Waals surface area contributed by atoms with Crippen molar-refractivity contribution in [1.29, 1.82) is 0 Å². The molecule has 7 heteroatoms. The lowest BCUT2D eigenvalue weighted by atomic mass is 10.0. The molecule has 0 heterocycles. The Kier molecular flexibility index (Phi) is 6.50. The van der Waals surface area contributed by atoms with E-state index in [1.165, 1.54) is 6.07 Å². The zero-order chi connectivity index (χ0) is 16.2. The number of amides is 1. The van der Waals surface area contributed by atoms with Crippen LogP contribution in [0.3, 0.4) is 0 Å². The molecule has 0 aliphatic heterocycles. The number of nitrogens with one attached hydrogen (secondary N) is 1. The number of hydrogen-bond acceptors (Lipinski definition) is 3. The molecule has 4 nitrogen and oxygen atoms in total. The maximum Gasteiger partial charge on any atom is 0.262 e. The Labute approximate surface area is 135 Å². The quantitative estimate of drug-likeness (QED) is 0.794. The number of carbonyl (C=O) groups is 1. The van der Waals surface area contributed by atoms with E-state index in [4.69, 9.17) is 22.3 Å². The van der Waals surface area contributed by atoms with Gasteiger partial charge in [0.05, 0.1) is 5.02 Å². The molecule has 0 saturated heterocycles. The Morgan fingerprint density at radius 3 is 2.33 bits per heavy atom. The summed E-state index contributed by atoms with van der Waals surface area (Å²) in [5.41, 5.74) is 0.730. The smallest absolute Gasteiger partial charge is 0.262 e. The van der Waals surface area contributed by atoms with Crippen LogP contribution in [-0.4, -0.2) is 20.9 Å². The molecule has 21 heavy (non-hydrogen) atoms. The van der Waals surface area contributed by atoms with Crippen molar-refractivity contribution in [3.05, 3.63) is 28.3 Å². The van der Waals surface area contributed by atoms with Crippen LogP contribution in [0, 0.1) is 12.8 Å². The van der Waals surface area contributed by atoms with Crippen molar-refractivity contribution >= 4 is 37.2 Å². The van der Waals surface area contributed by atoms with E-state index >= 15 is 0 Å². The number of benzene rings is 1. The second kappa shape index (κ2) is 7.47. The Morgan fingerprint density at radius 2 is 1.86 bits per heavy atom. The average molecular weight is 352 g/mol. The molecule has 1 N–H and O–H groups in total. The third-order valence-electron chi connectivity index (χ3n) is 3.45. The predicted molar refractivity (Wildman–Crippen MR) is 85.6 cm³/mol. The van der Waals surface area contributed by atoms with Crippen LogP contribution in [0.1, 0.15) is 42.6 Å². The fourth-order valence-electron chi connectivity index (χ4n) is 1.96. The van der Waals surface area contributed by atoms with Gasteiger partial charge in [-0.25, -0.2) is 8.42 Å². The molecule has 0 atom stereocenters. The lowest BCUT2D eigenvalue weighted by molar-refractivity contribution is 0.0946. The van der Waals surface area contributed by atoms with Crippen molar-refractivity contribution in [3.8, 4) is 0 Å². The molecule has 0 aliphatic carbocycles. The minimum Gasteiger partial charge on any atom is -0.352 e. The van der Waals surface area contributed by atoms with Crippen molar-refractivity contribution in [1.82, 2.24) is 5.32 Å². The molecule has 1 rings (SSSR count). The van der Waals surface area contributed by atoms with Crippen LogP contribution in [0.5, 0.6) is 0 Å². The van der Waals surface area contributed by atoms with E-state index < -0.39 is 9.05 Å². The SMILES string of the molecule is CCC(CC)CNC(=O)c1cc(C)c(Cl)c(S(=O)(=O)Cl)c1. The van der Waals surface area contributed by atoms with Gasteiger partial charge in [0.1, 0.15) is 4.90 Å². The van der Waals surface area contributed by atoms with E-state index in [2.05, 4.69) is 19.2 Å². The van der Waals surface area contributed by atoms with Crippen LogP contribution in [-0.2, 0) is 9.05 Å². The van der Waals surface area contributed by atoms with Gasteiger partial charge < -0.3 is 5.32 Å². The Morgan fingerprint density at radius 1 is 1.29 bits per heavy atom. The lowest BCUT2D eigenvalue weighted by Crippen LogP contribution is -2.29. The number of aryl methyl sites for hydroxylation is 1. The van der Waals surface area contributed by atoms with Crippen molar-refractivity contribution in [2.24, 2.45) is 5.92 Å². The highest BCUT2D eigenvalue weighted by Crippen LogP contribution is 2.29. The first kappa shape index (κ1) is 18.3. The number of hydrogen-bond donors (Lipinski definition) is 1. The molecular formula is C14H19Cl2NO3S. The van der Waals surface area contributed by atoms with E-state index in [-0.39, 0.29) is 21.4 Å². The molecule has 0 spiro atoms. The minimum absolute atomic E-state index is 0.0431. The summed E-state index contributed by atoms with van der Waals surface area (Å²) in [4.78, 5) is 11.9. The van der Waals surface area contributed by atoms with E-state index in [1.54, 1.807) is 13.0 Å². The largest absolute Gasteiger partial charge is 0.352 e. The topological polar surface area (TPSA) is 63.2 Å². The molecule has 0 aromatic heterocycles. The zero-order valence-electron chi connectivity index (χ0n) is 12.2. The molecule has 0 radical (unpaired) electrons. The average Bonchev–Trinajstić information content (AvgIpc) is 2.41. The Balaban J connectivity index is 3.04. The Hall–Kier alpha value is -0.780. The summed E-state index contributed by atoms with van der Waals surface area (Å²) in [6.45, 7) is 6.30.